The first-order chi connectivity index (χ1) is 34.3. The molecule has 0 saturated carbocycles. The van der Waals surface area contributed by atoms with E-state index in [1.165, 1.54) is 250 Å². The molecule has 0 bridgehead atoms. The number of unbranched alkanes of at least 4 members (excludes halogenated alkanes) is 41. The molecular weight excluding hydrogens is 865 g/mol. The Hall–Kier alpha value is -1.59. The molecule has 0 aliphatic rings. The van der Waals surface area contributed by atoms with Crippen molar-refractivity contribution in [3.05, 3.63) is 0 Å². The molecule has 0 aliphatic carbocycles. The zero-order valence-electron chi connectivity index (χ0n) is 48.2. The first kappa shape index (κ1) is 68.4. The van der Waals surface area contributed by atoms with Crippen molar-refractivity contribution in [3.63, 3.8) is 0 Å². The number of carbonyl (C=O) groups is 3. The molecule has 0 radical (unpaired) electrons. The van der Waals surface area contributed by atoms with Crippen molar-refractivity contribution >= 4 is 17.9 Å². The van der Waals surface area contributed by atoms with Crippen LogP contribution in [0, 0.1) is 11.8 Å². The SMILES string of the molecule is CCCCCCCCCCCCCCCCCCCCC(=O)O[C@@H](COC(=O)CCCCCCCCCCCCCCCCCCCCC(C)CC)COC(=O)CCCCCCCCCCC(C)CC. The summed E-state index contributed by atoms with van der Waals surface area (Å²) in [6.07, 6.45) is 62.4. The monoisotopic (exact) mass is 989 g/mol. The zero-order valence-corrected chi connectivity index (χ0v) is 48.2. The van der Waals surface area contributed by atoms with E-state index in [1.807, 2.05) is 0 Å². The molecule has 6 nitrogen and oxygen atoms in total. The van der Waals surface area contributed by atoms with E-state index in [2.05, 4.69) is 34.6 Å². The van der Waals surface area contributed by atoms with Crippen molar-refractivity contribution in [2.45, 2.75) is 368 Å². The third-order valence-corrected chi connectivity index (χ3v) is 15.4. The van der Waals surface area contributed by atoms with Crippen molar-refractivity contribution in [2.24, 2.45) is 11.8 Å². The summed E-state index contributed by atoms with van der Waals surface area (Å²) < 4.78 is 16.9. The number of ether oxygens (including phenoxy) is 3. The number of carbonyl (C=O) groups excluding carboxylic acids is 3. The standard InChI is InChI=1S/C64H124O6/c1-6-9-10-11-12-13-14-15-16-17-21-25-28-31-34-41-46-51-56-64(67)70-61(58-69-63(66)55-50-45-40-36-35-38-43-48-53-60(5)8-3)57-68-62(65)54-49-44-39-33-30-27-24-22-19-18-20-23-26-29-32-37-42-47-52-59(4)7-2/h59-61H,6-58H2,1-5H3/t59?,60?,61-/m0/s1. The van der Waals surface area contributed by atoms with Crippen LogP contribution in [-0.4, -0.2) is 37.2 Å². The molecule has 0 aromatic heterocycles. The Bertz CT molecular complexity index is 1080. The Labute approximate surface area is 438 Å². The van der Waals surface area contributed by atoms with Crippen molar-refractivity contribution in [2.75, 3.05) is 13.2 Å². The van der Waals surface area contributed by atoms with Crippen molar-refractivity contribution in [3.8, 4) is 0 Å². The summed E-state index contributed by atoms with van der Waals surface area (Å²) in [6, 6.07) is 0. The van der Waals surface area contributed by atoms with Gasteiger partial charge in [0.2, 0.25) is 0 Å². The highest BCUT2D eigenvalue weighted by Crippen LogP contribution is 2.19. The predicted molar refractivity (Wildman–Crippen MR) is 303 cm³/mol. The third kappa shape index (κ3) is 54.2. The fraction of sp³-hybridized carbons (Fsp3) is 0.953. The molecule has 0 aliphatic heterocycles. The molecule has 0 saturated heterocycles. The summed E-state index contributed by atoms with van der Waals surface area (Å²) >= 11 is 0. The normalized spacial score (nSPS) is 12.8. The fourth-order valence-electron chi connectivity index (χ4n) is 9.87. The maximum Gasteiger partial charge on any atom is 0.306 e. The van der Waals surface area contributed by atoms with Crippen LogP contribution in [-0.2, 0) is 28.6 Å². The minimum Gasteiger partial charge on any atom is -0.462 e. The van der Waals surface area contributed by atoms with Gasteiger partial charge in [-0.25, -0.2) is 0 Å². The van der Waals surface area contributed by atoms with E-state index in [0.717, 1.165) is 69.6 Å². The van der Waals surface area contributed by atoms with Gasteiger partial charge in [0.15, 0.2) is 6.10 Å². The van der Waals surface area contributed by atoms with E-state index < -0.39 is 6.10 Å². The minimum absolute atomic E-state index is 0.0624. The Kier molecular flexibility index (Phi) is 55.4. The summed E-state index contributed by atoms with van der Waals surface area (Å²) in [5.41, 5.74) is 0. The quantitative estimate of drug-likeness (QED) is 0.0343. The molecule has 70 heavy (non-hydrogen) atoms. The number of hydrogen-bond acceptors (Lipinski definition) is 6. The zero-order chi connectivity index (χ0) is 51.1. The second-order valence-corrected chi connectivity index (χ2v) is 22.5. The Morgan fingerprint density at radius 2 is 0.500 bits per heavy atom. The molecule has 416 valence electrons. The van der Waals surface area contributed by atoms with Gasteiger partial charge in [0.1, 0.15) is 13.2 Å². The van der Waals surface area contributed by atoms with Gasteiger partial charge < -0.3 is 14.2 Å². The lowest BCUT2D eigenvalue weighted by Crippen LogP contribution is -2.30. The number of hydrogen-bond donors (Lipinski definition) is 0. The topological polar surface area (TPSA) is 78.9 Å². The van der Waals surface area contributed by atoms with E-state index in [0.29, 0.717) is 19.3 Å². The van der Waals surface area contributed by atoms with Crippen molar-refractivity contribution in [1.29, 1.82) is 0 Å². The fourth-order valence-corrected chi connectivity index (χ4v) is 9.87. The second-order valence-electron chi connectivity index (χ2n) is 22.5. The van der Waals surface area contributed by atoms with Gasteiger partial charge in [-0.3, -0.25) is 14.4 Å². The molecule has 0 rings (SSSR count). The second kappa shape index (κ2) is 56.7. The van der Waals surface area contributed by atoms with Gasteiger partial charge in [0.25, 0.3) is 0 Å². The molecular formula is C64H124O6. The van der Waals surface area contributed by atoms with Crippen LogP contribution in [0.1, 0.15) is 362 Å². The van der Waals surface area contributed by atoms with Crippen LogP contribution in [0.3, 0.4) is 0 Å². The Morgan fingerprint density at radius 1 is 0.286 bits per heavy atom. The van der Waals surface area contributed by atoms with Crippen LogP contribution in [0.15, 0.2) is 0 Å². The van der Waals surface area contributed by atoms with Gasteiger partial charge in [0.05, 0.1) is 0 Å². The van der Waals surface area contributed by atoms with Crippen LogP contribution in [0.2, 0.25) is 0 Å². The first-order valence-electron chi connectivity index (χ1n) is 31.8. The smallest absolute Gasteiger partial charge is 0.306 e. The third-order valence-electron chi connectivity index (χ3n) is 15.4. The predicted octanol–water partition coefficient (Wildman–Crippen LogP) is 21.2. The van der Waals surface area contributed by atoms with Crippen molar-refractivity contribution < 1.29 is 28.6 Å². The maximum atomic E-state index is 12.9. The molecule has 0 spiro atoms. The molecule has 0 amide bonds. The average Bonchev–Trinajstić information content (AvgIpc) is 3.36. The lowest BCUT2D eigenvalue weighted by molar-refractivity contribution is -0.167. The minimum atomic E-state index is -0.764. The van der Waals surface area contributed by atoms with E-state index in [1.54, 1.807) is 0 Å². The molecule has 0 aromatic carbocycles. The van der Waals surface area contributed by atoms with Gasteiger partial charge in [-0.2, -0.15) is 0 Å². The van der Waals surface area contributed by atoms with E-state index in [-0.39, 0.29) is 31.1 Å². The Balaban J connectivity index is 4.23. The Morgan fingerprint density at radius 3 is 0.743 bits per heavy atom. The van der Waals surface area contributed by atoms with Gasteiger partial charge >= 0.3 is 17.9 Å². The molecule has 0 heterocycles. The summed E-state index contributed by atoms with van der Waals surface area (Å²) in [6.45, 7) is 11.5. The molecule has 3 atom stereocenters. The first-order valence-corrected chi connectivity index (χ1v) is 31.8. The number of rotatable bonds is 58. The summed E-state index contributed by atoms with van der Waals surface area (Å²) in [5, 5.41) is 0. The maximum absolute atomic E-state index is 12.9. The summed E-state index contributed by atoms with van der Waals surface area (Å²) in [7, 11) is 0. The summed E-state index contributed by atoms with van der Waals surface area (Å²) in [5.74, 6) is 0.923. The molecule has 6 heteroatoms. The summed E-state index contributed by atoms with van der Waals surface area (Å²) in [4.78, 5) is 38.3. The van der Waals surface area contributed by atoms with Gasteiger partial charge in [-0.15, -0.1) is 0 Å². The van der Waals surface area contributed by atoms with Gasteiger partial charge in [-0.1, -0.05) is 324 Å². The van der Waals surface area contributed by atoms with Crippen molar-refractivity contribution in [1.82, 2.24) is 0 Å². The lowest BCUT2D eigenvalue weighted by atomic mass is 9.99. The average molecular weight is 990 g/mol. The van der Waals surface area contributed by atoms with Gasteiger partial charge in [0, 0.05) is 19.3 Å². The van der Waals surface area contributed by atoms with E-state index >= 15 is 0 Å². The highest BCUT2D eigenvalue weighted by molar-refractivity contribution is 5.71. The highest BCUT2D eigenvalue weighted by Gasteiger charge is 2.19. The molecule has 2 unspecified atom stereocenters. The molecule has 0 aromatic rings. The van der Waals surface area contributed by atoms with Crippen LogP contribution in [0.4, 0.5) is 0 Å². The highest BCUT2D eigenvalue weighted by atomic mass is 16.6. The number of esters is 3. The lowest BCUT2D eigenvalue weighted by Gasteiger charge is -2.18. The van der Waals surface area contributed by atoms with E-state index in [9.17, 15) is 14.4 Å². The van der Waals surface area contributed by atoms with Crippen LogP contribution < -0.4 is 0 Å². The van der Waals surface area contributed by atoms with Crippen LogP contribution >= 0.6 is 0 Å². The van der Waals surface area contributed by atoms with E-state index in [4.69, 9.17) is 14.2 Å². The molecule has 0 N–H and O–H groups in total. The largest absolute Gasteiger partial charge is 0.462 e. The van der Waals surface area contributed by atoms with Crippen LogP contribution in [0.5, 0.6) is 0 Å². The van der Waals surface area contributed by atoms with Crippen LogP contribution in [0.25, 0.3) is 0 Å². The van der Waals surface area contributed by atoms with Gasteiger partial charge in [-0.05, 0) is 31.1 Å². The molecule has 0 fully saturated rings.